The first-order valence-corrected chi connectivity index (χ1v) is 7.92. The van der Waals surface area contributed by atoms with Gasteiger partial charge in [-0.1, -0.05) is 5.16 Å². The number of amides is 1. The molecule has 9 nitrogen and oxygen atoms in total. The second kappa shape index (κ2) is 7.49. The van der Waals surface area contributed by atoms with Crippen LogP contribution in [0, 0.1) is 0 Å². The molecule has 0 radical (unpaired) electrons. The molecule has 2 heterocycles. The molecule has 1 unspecified atom stereocenters. The molecule has 9 heteroatoms. The van der Waals surface area contributed by atoms with Gasteiger partial charge in [0, 0.05) is 25.2 Å². The number of likely N-dealkylation sites (N-methyl/N-ethyl adjacent to an activating group) is 1. The first-order valence-electron chi connectivity index (χ1n) is 7.92. The number of benzene rings is 1. The zero-order valence-corrected chi connectivity index (χ0v) is 14.2. The summed E-state index contributed by atoms with van der Waals surface area (Å²) in [5, 5.41) is 7.43. The van der Waals surface area contributed by atoms with Gasteiger partial charge < -0.3 is 25.0 Å². The molecule has 0 bridgehead atoms. The molecular weight excluding hydrogens is 326 g/mol. The Labute approximate surface area is 145 Å². The summed E-state index contributed by atoms with van der Waals surface area (Å²) in [4.78, 5) is 17.5. The number of hydrogen-bond donors (Lipinski definition) is 2. The maximum absolute atomic E-state index is 10.9. The van der Waals surface area contributed by atoms with Gasteiger partial charge in [-0.2, -0.15) is 4.98 Å². The molecule has 3 rings (SSSR count). The van der Waals surface area contributed by atoms with Gasteiger partial charge in [-0.05, 0) is 25.2 Å². The summed E-state index contributed by atoms with van der Waals surface area (Å²) in [6.45, 7) is 2.43. The summed E-state index contributed by atoms with van der Waals surface area (Å²) in [5.74, 6) is 1.35. The van der Waals surface area contributed by atoms with E-state index in [1.54, 1.807) is 18.2 Å². The van der Waals surface area contributed by atoms with Crippen LogP contribution >= 0.6 is 0 Å². The number of aromatic nitrogens is 2. The zero-order chi connectivity index (χ0) is 17.8. The highest BCUT2D eigenvalue weighted by Crippen LogP contribution is 2.32. The van der Waals surface area contributed by atoms with Crippen molar-refractivity contribution in [3.8, 4) is 23.0 Å². The van der Waals surface area contributed by atoms with Crippen LogP contribution in [-0.2, 0) is 4.79 Å². The third-order valence-electron chi connectivity index (χ3n) is 4.03. The SMILES string of the molecule is COc1cc(-c2nc(C3CNCCN3C)no2)ccc1OCC(N)=O. The average Bonchev–Trinajstić information content (AvgIpc) is 3.10. The molecule has 1 amide bonds. The quantitative estimate of drug-likeness (QED) is 0.760. The van der Waals surface area contributed by atoms with E-state index in [1.807, 2.05) is 7.05 Å². The lowest BCUT2D eigenvalue weighted by Crippen LogP contribution is -2.44. The van der Waals surface area contributed by atoms with Crippen LogP contribution in [0.4, 0.5) is 0 Å². The van der Waals surface area contributed by atoms with Crippen LogP contribution in [0.5, 0.6) is 11.5 Å². The number of nitrogens with one attached hydrogen (secondary N) is 1. The van der Waals surface area contributed by atoms with Crippen molar-refractivity contribution in [1.29, 1.82) is 0 Å². The Morgan fingerprint density at radius 3 is 3.04 bits per heavy atom. The van der Waals surface area contributed by atoms with Gasteiger partial charge in [-0.3, -0.25) is 9.69 Å². The maximum Gasteiger partial charge on any atom is 0.258 e. The highest BCUT2D eigenvalue weighted by Gasteiger charge is 2.25. The summed E-state index contributed by atoms with van der Waals surface area (Å²) in [6.07, 6.45) is 0. The largest absolute Gasteiger partial charge is 0.493 e. The van der Waals surface area contributed by atoms with Crippen molar-refractivity contribution in [3.63, 3.8) is 0 Å². The van der Waals surface area contributed by atoms with Crippen molar-refractivity contribution in [2.45, 2.75) is 6.04 Å². The summed E-state index contributed by atoms with van der Waals surface area (Å²) in [6, 6.07) is 5.23. The number of piperazine rings is 1. The van der Waals surface area contributed by atoms with Crippen molar-refractivity contribution in [2.24, 2.45) is 5.73 Å². The Morgan fingerprint density at radius 2 is 2.32 bits per heavy atom. The van der Waals surface area contributed by atoms with Crippen LogP contribution in [0.25, 0.3) is 11.5 Å². The molecular formula is C16H21N5O4. The Balaban J connectivity index is 1.81. The molecule has 2 aromatic rings. The van der Waals surface area contributed by atoms with E-state index in [2.05, 4.69) is 20.4 Å². The number of carbonyl (C=O) groups is 1. The lowest BCUT2D eigenvalue weighted by molar-refractivity contribution is -0.119. The first-order chi connectivity index (χ1) is 12.1. The molecule has 25 heavy (non-hydrogen) atoms. The lowest BCUT2D eigenvalue weighted by Gasteiger charge is -2.30. The van der Waals surface area contributed by atoms with Crippen LogP contribution in [-0.4, -0.2) is 61.3 Å². The molecule has 1 aromatic carbocycles. The van der Waals surface area contributed by atoms with Gasteiger partial charge in [-0.15, -0.1) is 0 Å². The molecule has 134 valence electrons. The van der Waals surface area contributed by atoms with E-state index in [1.165, 1.54) is 7.11 Å². The molecule has 0 aliphatic carbocycles. The minimum atomic E-state index is -0.558. The highest BCUT2D eigenvalue weighted by atomic mass is 16.5. The first kappa shape index (κ1) is 17.2. The van der Waals surface area contributed by atoms with Crippen LogP contribution < -0.4 is 20.5 Å². The van der Waals surface area contributed by atoms with Crippen molar-refractivity contribution in [2.75, 3.05) is 40.4 Å². The third kappa shape index (κ3) is 3.89. The Kier molecular flexibility index (Phi) is 5.15. The second-order valence-electron chi connectivity index (χ2n) is 5.78. The summed E-state index contributed by atoms with van der Waals surface area (Å²) in [5.41, 5.74) is 5.79. The van der Waals surface area contributed by atoms with E-state index in [4.69, 9.17) is 19.7 Å². The van der Waals surface area contributed by atoms with E-state index >= 15 is 0 Å². The van der Waals surface area contributed by atoms with Gasteiger partial charge in [0.1, 0.15) is 0 Å². The van der Waals surface area contributed by atoms with Gasteiger partial charge >= 0.3 is 0 Å². The normalized spacial score (nSPS) is 18.1. The van der Waals surface area contributed by atoms with Crippen LogP contribution in [0.3, 0.4) is 0 Å². The third-order valence-corrected chi connectivity index (χ3v) is 4.03. The molecule has 3 N–H and O–H groups in total. The molecule has 1 aliphatic heterocycles. The van der Waals surface area contributed by atoms with Gasteiger partial charge in [0.05, 0.1) is 13.2 Å². The Bertz CT molecular complexity index is 748. The van der Waals surface area contributed by atoms with E-state index in [0.717, 1.165) is 19.6 Å². The molecule has 0 saturated carbocycles. The van der Waals surface area contributed by atoms with Crippen molar-refractivity contribution in [1.82, 2.24) is 20.4 Å². The Morgan fingerprint density at radius 1 is 1.48 bits per heavy atom. The Hall–Kier alpha value is -2.65. The fourth-order valence-electron chi connectivity index (χ4n) is 2.65. The number of nitrogens with two attached hydrogens (primary N) is 1. The number of rotatable bonds is 6. The predicted octanol–water partition coefficient (Wildman–Crippen LogP) is 0.185. The van der Waals surface area contributed by atoms with Gasteiger partial charge in [-0.25, -0.2) is 0 Å². The number of carbonyl (C=O) groups excluding carboxylic acids is 1. The van der Waals surface area contributed by atoms with Gasteiger partial charge in [0.15, 0.2) is 23.9 Å². The summed E-state index contributed by atoms with van der Waals surface area (Å²) in [7, 11) is 3.55. The van der Waals surface area contributed by atoms with Gasteiger partial charge in [0.25, 0.3) is 11.8 Å². The van der Waals surface area contributed by atoms with E-state index < -0.39 is 5.91 Å². The molecule has 1 aliphatic rings. The number of ether oxygens (including phenoxy) is 2. The predicted molar refractivity (Wildman–Crippen MR) is 89.2 cm³/mol. The number of methoxy groups -OCH3 is 1. The van der Waals surface area contributed by atoms with Crippen LogP contribution in [0.15, 0.2) is 22.7 Å². The smallest absolute Gasteiger partial charge is 0.258 e. The number of nitrogens with zero attached hydrogens (tertiary/aromatic N) is 3. The monoisotopic (exact) mass is 347 g/mol. The standard InChI is InChI=1S/C16H21N5O4/c1-21-6-5-18-8-11(21)15-19-16(25-20-15)10-3-4-12(13(7-10)23-2)24-9-14(17)22/h3-4,7,11,18H,5-6,8-9H2,1-2H3,(H2,17,22). The molecule has 1 atom stereocenters. The summed E-state index contributed by atoms with van der Waals surface area (Å²) >= 11 is 0. The van der Waals surface area contributed by atoms with Crippen LogP contribution in [0.2, 0.25) is 0 Å². The topological polar surface area (TPSA) is 116 Å². The number of primary amides is 1. The van der Waals surface area contributed by atoms with E-state index in [9.17, 15) is 4.79 Å². The van der Waals surface area contributed by atoms with Crippen molar-refractivity contribution in [3.05, 3.63) is 24.0 Å². The molecule has 1 aromatic heterocycles. The van der Waals surface area contributed by atoms with Crippen LogP contribution in [0.1, 0.15) is 11.9 Å². The maximum atomic E-state index is 10.9. The second-order valence-corrected chi connectivity index (χ2v) is 5.78. The summed E-state index contributed by atoms with van der Waals surface area (Å²) < 4.78 is 16.0. The molecule has 1 fully saturated rings. The van der Waals surface area contributed by atoms with Crippen molar-refractivity contribution >= 4 is 5.91 Å². The lowest BCUT2D eigenvalue weighted by atomic mass is 10.2. The minimum Gasteiger partial charge on any atom is -0.493 e. The zero-order valence-electron chi connectivity index (χ0n) is 14.2. The minimum absolute atomic E-state index is 0.0753. The fourth-order valence-corrected chi connectivity index (χ4v) is 2.65. The number of hydrogen-bond acceptors (Lipinski definition) is 8. The molecule has 1 saturated heterocycles. The molecule has 0 spiro atoms. The van der Waals surface area contributed by atoms with E-state index in [0.29, 0.717) is 28.8 Å². The van der Waals surface area contributed by atoms with Gasteiger partial charge in [0.2, 0.25) is 0 Å². The van der Waals surface area contributed by atoms with E-state index in [-0.39, 0.29) is 12.6 Å². The fraction of sp³-hybridized carbons (Fsp3) is 0.438. The highest BCUT2D eigenvalue weighted by molar-refractivity contribution is 5.75. The van der Waals surface area contributed by atoms with Crippen molar-refractivity contribution < 1.29 is 18.8 Å². The average molecular weight is 347 g/mol.